The molecule has 0 N–H and O–H groups in total. The Bertz CT molecular complexity index is 1130. The van der Waals surface area contributed by atoms with Crippen LogP contribution < -0.4 is 4.90 Å². The Morgan fingerprint density at radius 3 is 2.18 bits per heavy atom. The second-order valence-electron chi connectivity index (χ2n) is 8.46. The molecule has 5 rings (SSSR count). The van der Waals surface area contributed by atoms with E-state index >= 15 is 0 Å². The zero-order valence-corrected chi connectivity index (χ0v) is 20.0. The Hall–Kier alpha value is -2.97. The molecule has 2 aromatic heterocycles. The molecule has 6 nitrogen and oxygen atoms in total. The van der Waals surface area contributed by atoms with Crippen molar-refractivity contribution in [3.05, 3.63) is 74.6 Å². The molecule has 3 amide bonds. The molecule has 33 heavy (non-hydrogen) atoms. The molecule has 1 aromatic carbocycles. The first-order chi connectivity index (χ1) is 16.0. The van der Waals surface area contributed by atoms with Crippen LogP contribution in [0.15, 0.2) is 59.3 Å². The summed E-state index contributed by atoms with van der Waals surface area (Å²) in [5.41, 5.74) is 1.95. The smallest absolute Gasteiger partial charge is 0.264 e. The Morgan fingerprint density at radius 2 is 1.55 bits per heavy atom. The third-order valence-corrected chi connectivity index (χ3v) is 8.20. The van der Waals surface area contributed by atoms with Gasteiger partial charge in [0.25, 0.3) is 5.91 Å². The Labute approximate surface area is 201 Å². The number of anilines is 1. The highest BCUT2D eigenvalue weighted by Gasteiger charge is 2.47. The lowest BCUT2D eigenvalue weighted by molar-refractivity contribution is -0.138. The normalized spacial score (nSPS) is 21.0. The molecule has 2 unspecified atom stereocenters. The van der Waals surface area contributed by atoms with Crippen LogP contribution in [0.1, 0.15) is 32.6 Å². The predicted octanol–water partition coefficient (Wildman–Crippen LogP) is 4.20. The van der Waals surface area contributed by atoms with E-state index in [2.05, 4.69) is 0 Å². The molecule has 2 saturated heterocycles. The van der Waals surface area contributed by atoms with Crippen molar-refractivity contribution in [1.29, 1.82) is 0 Å². The highest BCUT2D eigenvalue weighted by molar-refractivity contribution is 7.12. The first kappa shape index (κ1) is 21.9. The van der Waals surface area contributed by atoms with Gasteiger partial charge in [0.05, 0.1) is 16.8 Å². The highest BCUT2D eigenvalue weighted by Crippen LogP contribution is 2.43. The number of piperazine rings is 1. The molecule has 0 bridgehead atoms. The molecule has 3 aromatic rings. The van der Waals surface area contributed by atoms with E-state index in [4.69, 9.17) is 0 Å². The fourth-order valence-electron chi connectivity index (χ4n) is 4.67. The molecule has 0 radical (unpaired) electrons. The molecular formula is C25H25N3O3S2. The Balaban J connectivity index is 1.34. The summed E-state index contributed by atoms with van der Waals surface area (Å²) in [5, 5.41) is 3.89. The van der Waals surface area contributed by atoms with Crippen molar-refractivity contribution in [2.45, 2.75) is 19.4 Å². The summed E-state index contributed by atoms with van der Waals surface area (Å²) in [6, 6.07) is 15.3. The maximum atomic E-state index is 13.6. The quantitative estimate of drug-likeness (QED) is 0.564. The van der Waals surface area contributed by atoms with Crippen LogP contribution >= 0.6 is 22.7 Å². The van der Waals surface area contributed by atoms with Gasteiger partial charge in [-0.05, 0) is 41.9 Å². The molecule has 2 aliphatic heterocycles. The zero-order chi connectivity index (χ0) is 22.9. The summed E-state index contributed by atoms with van der Waals surface area (Å²) < 4.78 is 0. The molecule has 170 valence electrons. The number of thiophene rings is 2. The van der Waals surface area contributed by atoms with Crippen molar-refractivity contribution in [3.63, 3.8) is 0 Å². The monoisotopic (exact) mass is 479 g/mol. The molecule has 2 aliphatic rings. The van der Waals surface area contributed by atoms with Gasteiger partial charge in [-0.3, -0.25) is 14.4 Å². The van der Waals surface area contributed by atoms with Crippen LogP contribution in [0.25, 0.3) is 0 Å². The second-order valence-corrected chi connectivity index (χ2v) is 10.4. The number of aryl methyl sites for hydroxylation is 1. The first-order valence-electron chi connectivity index (χ1n) is 11.1. The van der Waals surface area contributed by atoms with E-state index in [0.717, 1.165) is 21.0 Å². The third-order valence-electron chi connectivity index (χ3n) is 6.40. The standard InChI is InChI=1S/C25H25N3O3S2/c1-17-6-8-18(9-7-17)28-22(29)16-19(23(28)20-4-2-14-32-20)24(30)26-10-12-27(13-11-26)25(31)21-5-3-15-33-21/h2-9,14-15,19,23H,10-13,16H2,1H3. The number of hydrogen-bond acceptors (Lipinski definition) is 5. The van der Waals surface area contributed by atoms with Crippen molar-refractivity contribution >= 4 is 46.1 Å². The molecule has 2 atom stereocenters. The number of nitrogens with zero attached hydrogens (tertiary/aromatic N) is 3. The largest absolute Gasteiger partial charge is 0.339 e. The maximum Gasteiger partial charge on any atom is 0.264 e. The number of benzene rings is 1. The summed E-state index contributed by atoms with van der Waals surface area (Å²) in [7, 11) is 0. The molecule has 0 saturated carbocycles. The van der Waals surface area contributed by atoms with Crippen LogP contribution in [0.3, 0.4) is 0 Å². The molecule has 8 heteroatoms. The zero-order valence-electron chi connectivity index (χ0n) is 18.3. The number of carbonyl (C=O) groups is 3. The molecule has 0 spiro atoms. The fourth-order valence-corrected chi connectivity index (χ4v) is 6.24. The van der Waals surface area contributed by atoms with Crippen LogP contribution in [-0.4, -0.2) is 53.7 Å². The van der Waals surface area contributed by atoms with Gasteiger partial charge in [0.15, 0.2) is 0 Å². The molecular weight excluding hydrogens is 454 g/mol. The minimum atomic E-state index is -0.433. The van der Waals surface area contributed by atoms with Crippen LogP contribution in [0, 0.1) is 12.8 Å². The Morgan fingerprint density at radius 1 is 0.879 bits per heavy atom. The van der Waals surface area contributed by atoms with E-state index in [1.54, 1.807) is 16.2 Å². The number of hydrogen-bond donors (Lipinski definition) is 0. The van der Waals surface area contributed by atoms with Crippen LogP contribution in [0.2, 0.25) is 0 Å². The fraction of sp³-hybridized carbons (Fsp3) is 0.320. The van der Waals surface area contributed by atoms with E-state index in [1.165, 1.54) is 11.3 Å². The second kappa shape index (κ2) is 9.11. The predicted molar refractivity (Wildman–Crippen MR) is 131 cm³/mol. The number of amides is 3. The number of carbonyl (C=O) groups excluding carboxylic acids is 3. The summed E-state index contributed by atoms with van der Waals surface area (Å²) in [5.74, 6) is -0.436. The first-order valence-corrected chi connectivity index (χ1v) is 12.8. The van der Waals surface area contributed by atoms with E-state index < -0.39 is 5.92 Å². The summed E-state index contributed by atoms with van der Waals surface area (Å²) in [6.07, 6.45) is 0.198. The minimum absolute atomic E-state index is 0.000385. The topological polar surface area (TPSA) is 60.9 Å². The summed E-state index contributed by atoms with van der Waals surface area (Å²) in [4.78, 5) is 46.6. The average molecular weight is 480 g/mol. The molecule has 4 heterocycles. The van der Waals surface area contributed by atoms with Crippen LogP contribution in [-0.2, 0) is 9.59 Å². The van der Waals surface area contributed by atoms with Gasteiger partial charge in [-0.15, -0.1) is 22.7 Å². The highest BCUT2D eigenvalue weighted by atomic mass is 32.1. The third kappa shape index (κ3) is 4.20. The van der Waals surface area contributed by atoms with E-state index in [1.807, 2.05) is 76.0 Å². The van der Waals surface area contributed by atoms with Gasteiger partial charge in [0, 0.05) is 43.2 Å². The lowest BCUT2D eigenvalue weighted by Crippen LogP contribution is -2.52. The lowest BCUT2D eigenvalue weighted by Gasteiger charge is -2.37. The van der Waals surface area contributed by atoms with Crippen LogP contribution in [0.4, 0.5) is 5.69 Å². The SMILES string of the molecule is Cc1ccc(N2C(=O)CC(C(=O)N3CCN(C(=O)c4cccs4)CC3)C2c2cccs2)cc1. The van der Waals surface area contributed by atoms with Crippen molar-refractivity contribution in [2.75, 3.05) is 31.1 Å². The van der Waals surface area contributed by atoms with Gasteiger partial charge in [0.1, 0.15) is 0 Å². The van der Waals surface area contributed by atoms with Gasteiger partial charge >= 0.3 is 0 Å². The van der Waals surface area contributed by atoms with Gasteiger partial charge in [-0.1, -0.05) is 29.8 Å². The van der Waals surface area contributed by atoms with Gasteiger partial charge in [0.2, 0.25) is 11.8 Å². The Kier molecular flexibility index (Phi) is 6.03. The van der Waals surface area contributed by atoms with E-state index in [0.29, 0.717) is 26.2 Å². The summed E-state index contributed by atoms with van der Waals surface area (Å²) in [6.45, 7) is 4.01. The van der Waals surface area contributed by atoms with Gasteiger partial charge in [-0.2, -0.15) is 0 Å². The van der Waals surface area contributed by atoms with Gasteiger partial charge < -0.3 is 14.7 Å². The van der Waals surface area contributed by atoms with Crippen molar-refractivity contribution in [1.82, 2.24) is 9.80 Å². The average Bonchev–Trinajstić information content (AvgIpc) is 3.60. The minimum Gasteiger partial charge on any atom is -0.339 e. The maximum absolute atomic E-state index is 13.6. The van der Waals surface area contributed by atoms with Crippen LogP contribution in [0.5, 0.6) is 0 Å². The van der Waals surface area contributed by atoms with Gasteiger partial charge in [-0.25, -0.2) is 0 Å². The van der Waals surface area contributed by atoms with E-state index in [9.17, 15) is 14.4 Å². The molecule has 0 aliphatic carbocycles. The van der Waals surface area contributed by atoms with Crippen molar-refractivity contribution < 1.29 is 14.4 Å². The number of rotatable bonds is 4. The van der Waals surface area contributed by atoms with E-state index in [-0.39, 0.29) is 30.2 Å². The summed E-state index contributed by atoms with van der Waals surface area (Å²) >= 11 is 3.01. The lowest BCUT2D eigenvalue weighted by atomic mass is 9.96. The van der Waals surface area contributed by atoms with Crippen molar-refractivity contribution in [2.24, 2.45) is 5.92 Å². The molecule has 2 fully saturated rings. The van der Waals surface area contributed by atoms with Crippen molar-refractivity contribution in [3.8, 4) is 0 Å².